The smallest absolute Gasteiger partial charge is 0.244 e. The summed E-state index contributed by atoms with van der Waals surface area (Å²) in [4.78, 5) is 29.6. The molecule has 0 aliphatic carbocycles. The predicted molar refractivity (Wildman–Crippen MR) is 114 cm³/mol. The average molecular weight is 409 g/mol. The molecule has 0 radical (unpaired) electrons. The first-order chi connectivity index (χ1) is 14.0. The summed E-state index contributed by atoms with van der Waals surface area (Å²) in [6.07, 6.45) is 3.71. The van der Waals surface area contributed by atoms with Gasteiger partial charge >= 0.3 is 0 Å². The quantitative estimate of drug-likeness (QED) is 0.591. The minimum atomic E-state index is -0.507. The molecule has 0 bridgehead atoms. The van der Waals surface area contributed by atoms with Crippen LogP contribution < -0.4 is 10.2 Å². The van der Waals surface area contributed by atoms with E-state index in [0.717, 1.165) is 12.0 Å². The van der Waals surface area contributed by atoms with Crippen LogP contribution in [0.1, 0.15) is 18.2 Å². The van der Waals surface area contributed by atoms with E-state index in [1.54, 1.807) is 23.6 Å². The molecule has 0 saturated heterocycles. The van der Waals surface area contributed by atoms with E-state index < -0.39 is 5.82 Å². The zero-order chi connectivity index (χ0) is 20.6. The van der Waals surface area contributed by atoms with E-state index in [0.29, 0.717) is 17.4 Å². The summed E-state index contributed by atoms with van der Waals surface area (Å²) in [7, 11) is 0. The van der Waals surface area contributed by atoms with Gasteiger partial charge in [-0.05, 0) is 30.2 Å². The largest absolute Gasteiger partial charge is 0.352 e. The number of hydrogen-bond acceptors (Lipinski definition) is 4. The van der Waals surface area contributed by atoms with Crippen LogP contribution in [0, 0.1) is 5.82 Å². The Bertz CT molecular complexity index is 1020. The molecule has 2 aromatic carbocycles. The Morgan fingerprint density at radius 3 is 2.59 bits per heavy atom. The fraction of sp³-hybridized carbons (Fsp3) is 0.136. The van der Waals surface area contributed by atoms with Crippen molar-refractivity contribution in [2.24, 2.45) is 0 Å². The molecule has 1 heterocycles. The van der Waals surface area contributed by atoms with E-state index in [-0.39, 0.29) is 17.5 Å². The molecule has 0 fully saturated rings. The second-order valence-electron chi connectivity index (χ2n) is 6.22. The van der Waals surface area contributed by atoms with Crippen molar-refractivity contribution >= 4 is 40.0 Å². The molecule has 0 unspecified atom stereocenters. The summed E-state index contributed by atoms with van der Waals surface area (Å²) >= 11 is 1.20. The maximum atomic E-state index is 14.1. The second-order valence-corrected chi connectivity index (χ2v) is 7.06. The van der Waals surface area contributed by atoms with Crippen LogP contribution in [0.15, 0.2) is 66.1 Å². The Balaban J connectivity index is 1.62. The van der Waals surface area contributed by atoms with Crippen LogP contribution in [0.25, 0.3) is 6.08 Å². The van der Waals surface area contributed by atoms with Crippen molar-refractivity contribution < 1.29 is 14.0 Å². The summed E-state index contributed by atoms with van der Waals surface area (Å²) in [6.45, 7) is 1.88. The van der Waals surface area contributed by atoms with Crippen molar-refractivity contribution in [1.82, 2.24) is 10.3 Å². The van der Waals surface area contributed by atoms with Crippen LogP contribution in [0.2, 0.25) is 0 Å². The lowest BCUT2D eigenvalue weighted by Crippen LogP contribution is -2.23. The van der Waals surface area contributed by atoms with Gasteiger partial charge in [0, 0.05) is 24.9 Å². The van der Waals surface area contributed by atoms with Crippen LogP contribution >= 0.6 is 11.3 Å². The standard InChI is InChI=1S/C22H20FN3O2S/c1-16(27)26(20-10-6-5-9-19(20)23)22-25-18(15-29-22)11-12-21(28)24-14-13-17-7-3-2-4-8-17/h2-12,15H,13-14H2,1H3,(H,24,28)/b12-11+. The first-order valence-electron chi connectivity index (χ1n) is 9.05. The molecule has 1 N–H and O–H groups in total. The van der Waals surface area contributed by atoms with Crippen LogP contribution in [0.3, 0.4) is 0 Å². The summed E-state index contributed by atoms with van der Waals surface area (Å²) in [5.41, 5.74) is 1.81. The van der Waals surface area contributed by atoms with Gasteiger partial charge in [-0.1, -0.05) is 42.5 Å². The van der Waals surface area contributed by atoms with Gasteiger partial charge in [0.05, 0.1) is 11.4 Å². The normalized spacial score (nSPS) is 10.8. The number of aromatic nitrogens is 1. The molecule has 5 nitrogen and oxygen atoms in total. The molecule has 29 heavy (non-hydrogen) atoms. The zero-order valence-electron chi connectivity index (χ0n) is 15.8. The molecule has 3 aromatic rings. The van der Waals surface area contributed by atoms with Crippen LogP contribution in [0.4, 0.5) is 15.2 Å². The number of carbonyl (C=O) groups excluding carboxylic acids is 2. The Morgan fingerprint density at radius 1 is 1.14 bits per heavy atom. The van der Waals surface area contributed by atoms with Crippen LogP contribution in [0.5, 0.6) is 0 Å². The van der Waals surface area contributed by atoms with Gasteiger partial charge in [0.25, 0.3) is 0 Å². The third kappa shape index (κ3) is 5.58. The monoisotopic (exact) mass is 409 g/mol. The van der Waals surface area contributed by atoms with Crippen LogP contribution in [-0.4, -0.2) is 23.3 Å². The number of amides is 2. The molecular weight excluding hydrogens is 389 g/mol. The molecule has 148 valence electrons. The Labute approximate surface area is 172 Å². The van der Waals surface area contributed by atoms with Gasteiger partial charge in [0.15, 0.2) is 5.13 Å². The predicted octanol–water partition coefficient (Wildman–Crippen LogP) is 4.34. The summed E-state index contributed by atoms with van der Waals surface area (Å²) in [5.74, 6) is -1.08. The fourth-order valence-corrected chi connectivity index (χ4v) is 3.54. The topological polar surface area (TPSA) is 62.3 Å². The molecule has 7 heteroatoms. The number of thiazole rings is 1. The highest BCUT2D eigenvalue weighted by Gasteiger charge is 2.20. The second kappa shape index (κ2) is 9.75. The number of halogens is 1. The summed E-state index contributed by atoms with van der Waals surface area (Å²) < 4.78 is 14.1. The molecule has 0 aliphatic rings. The zero-order valence-corrected chi connectivity index (χ0v) is 16.7. The lowest BCUT2D eigenvalue weighted by atomic mass is 10.1. The van der Waals surface area contributed by atoms with E-state index >= 15 is 0 Å². The molecular formula is C22H20FN3O2S. The molecule has 1 aromatic heterocycles. The molecule has 3 rings (SSSR count). The first kappa shape index (κ1) is 20.4. The third-order valence-corrected chi connectivity index (χ3v) is 4.91. The van der Waals surface area contributed by atoms with Gasteiger partial charge in [-0.25, -0.2) is 9.37 Å². The number of nitrogens with zero attached hydrogens (tertiary/aromatic N) is 2. The molecule has 0 saturated carbocycles. The van der Waals surface area contributed by atoms with Crippen molar-refractivity contribution in [2.45, 2.75) is 13.3 Å². The molecule has 0 aliphatic heterocycles. The SMILES string of the molecule is CC(=O)N(c1nc(/C=C/C(=O)NCCc2ccccc2)cs1)c1ccccc1F. The Hall–Kier alpha value is -3.32. The first-order valence-corrected chi connectivity index (χ1v) is 9.93. The van der Waals surface area contributed by atoms with Gasteiger partial charge in [-0.3, -0.25) is 14.5 Å². The number of anilines is 2. The van der Waals surface area contributed by atoms with Crippen molar-refractivity contribution in [3.63, 3.8) is 0 Å². The maximum absolute atomic E-state index is 14.1. The van der Waals surface area contributed by atoms with E-state index in [2.05, 4.69) is 10.3 Å². The summed E-state index contributed by atoms with van der Waals surface area (Å²) in [5, 5.41) is 4.87. The number of hydrogen-bond donors (Lipinski definition) is 1. The lowest BCUT2D eigenvalue weighted by Gasteiger charge is -2.18. The molecule has 0 spiro atoms. The highest BCUT2D eigenvalue weighted by Crippen LogP contribution is 2.30. The van der Waals surface area contributed by atoms with Gasteiger partial charge in [-0.2, -0.15) is 0 Å². The molecule has 0 atom stereocenters. The number of carbonyl (C=O) groups is 2. The molecule has 2 amide bonds. The average Bonchev–Trinajstić information content (AvgIpc) is 3.17. The van der Waals surface area contributed by atoms with E-state index in [1.807, 2.05) is 30.3 Å². The maximum Gasteiger partial charge on any atom is 0.244 e. The fourth-order valence-electron chi connectivity index (χ4n) is 2.69. The highest BCUT2D eigenvalue weighted by atomic mass is 32.1. The van der Waals surface area contributed by atoms with Gasteiger partial charge in [-0.15, -0.1) is 11.3 Å². The highest BCUT2D eigenvalue weighted by molar-refractivity contribution is 7.14. The third-order valence-electron chi connectivity index (χ3n) is 4.07. The van der Waals surface area contributed by atoms with Crippen LogP contribution in [-0.2, 0) is 16.0 Å². The van der Waals surface area contributed by atoms with Crippen molar-refractivity contribution in [3.8, 4) is 0 Å². The Morgan fingerprint density at radius 2 is 1.86 bits per heavy atom. The number of para-hydroxylation sites is 1. The minimum Gasteiger partial charge on any atom is -0.352 e. The van der Waals surface area contributed by atoms with Crippen molar-refractivity contribution in [2.75, 3.05) is 11.4 Å². The van der Waals surface area contributed by atoms with Crippen molar-refractivity contribution in [1.29, 1.82) is 0 Å². The van der Waals surface area contributed by atoms with E-state index in [9.17, 15) is 14.0 Å². The number of rotatable bonds is 7. The lowest BCUT2D eigenvalue weighted by molar-refractivity contribution is -0.117. The van der Waals surface area contributed by atoms with E-state index in [4.69, 9.17) is 0 Å². The van der Waals surface area contributed by atoms with E-state index in [1.165, 1.54) is 41.4 Å². The Kier molecular flexibility index (Phi) is 6.86. The number of benzene rings is 2. The number of nitrogens with one attached hydrogen (secondary N) is 1. The van der Waals surface area contributed by atoms with Gasteiger partial charge in [0.2, 0.25) is 11.8 Å². The van der Waals surface area contributed by atoms with Gasteiger partial charge in [0.1, 0.15) is 5.82 Å². The van der Waals surface area contributed by atoms with Gasteiger partial charge < -0.3 is 5.32 Å². The van der Waals surface area contributed by atoms with Crippen molar-refractivity contribution in [3.05, 3.63) is 83.1 Å². The summed E-state index contributed by atoms with van der Waals surface area (Å²) in [6, 6.07) is 15.9. The minimum absolute atomic E-state index is 0.142.